The largest absolute Gasteiger partial charge is 0.343 e. The van der Waals surface area contributed by atoms with Crippen molar-refractivity contribution in [1.82, 2.24) is 15.1 Å². The van der Waals surface area contributed by atoms with E-state index in [4.69, 9.17) is 5.73 Å². The minimum absolute atomic E-state index is 0.0481. The molecular weight excluding hydrogens is 400 g/mol. The number of fused-ring (bicyclic) bond motifs is 1. The highest BCUT2D eigenvalue weighted by atomic mass is 16.2. The van der Waals surface area contributed by atoms with Crippen LogP contribution in [0.25, 0.3) is 0 Å². The van der Waals surface area contributed by atoms with E-state index in [1.165, 1.54) is 0 Å². The molecule has 1 aromatic carbocycles. The van der Waals surface area contributed by atoms with E-state index in [0.29, 0.717) is 56.4 Å². The molecule has 3 aliphatic rings. The van der Waals surface area contributed by atoms with Crippen LogP contribution in [0.5, 0.6) is 0 Å². The van der Waals surface area contributed by atoms with Gasteiger partial charge in [0.05, 0.1) is 11.1 Å². The van der Waals surface area contributed by atoms with Gasteiger partial charge in [-0.3, -0.25) is 34.2 Å². The molecular formula is C22H26N4O5. The van der Waals surface area contributed by atoms with E-state index in [1.807, 2.05) is 11.0 Å². The molecule has 3 heterocycles. The van der Waals surface area contributed by atoms with Gasteiger partial charge in [-0.25, -0.2) is 0 Å². The van der Waals surface area contributed by atoms with Crippen LogP contribution < -0.4 is 11.1 Å². The van der Waals surface area contributed by atoms with Gasteiger partial charge in [-0.05, 0) is 49.8 Å². The van der Waals surface area contributed by atoms with Crippen LogP contribution in [0.1, 0.15) is 70.7 Å². The summed E-state index contributed by atoms with van der Waals surface area (Å²) in [7, 11) is 0. The minimum atomic E-state index is -0.972. The zero-order valence-electron chi connectivity index (χ0n) is 17.3. The summed E-state index contributed by atoms with van der Waals surface area (Å²) in [6, 6.07) is 4.25. The molecule has 1 unspecified atom stereocenters. The zero-order chi connectivity index (χ0) is 22.1. The molecule has 164 valence electrons. The maximum absolute atomic E-state index is 13.3. The SMILES string of the molecule is NCCCC(=O)N1CCC(c2cccc3c2C(=O)N(C2CCC(=O)NC2=O)C3=O)CC1. The van der Waals surface area contributed by atoms with Gasteiger partial charge in [-0.15, -0.1) is 0 Å². The maximum Gasteiger partial charge on any atom is 0.262 e. The van der Waals surface area contributed by atoms with Crippen molar-refractivity contribution in [2.45, 2.75) is 50.5 Å². The molecule has 3 N–H and O–H groups in total. The predicted octanol–water partition coefficient (Wildman–Crippen LogP) is 0.533. The molecule has 3 aliphatic heterocycles. The lowest BCUT2D eigenvalue weighted by Gasteiger charge is -2.33. The number of hydrogen-bond acceptors (Lipinski definition) is 6. The Morgan fingerprint density at radius 3 is 2.48 bits per heavy atom. The van der Waals surface area contributed by atoms with Gasteiger partial charge in [0, 0.05) is 25.9 Å². The lowest BCUT2D eigenvalue weighted by Crippen LogP contribution is -2.54. The van der Waals surface area contributed by atoms with E-state index in [-0.39, 0.29) is 24.7 Å². The number of nitrogens with zero attached hydrogens (tertiary/aromatic N) is 2. The first-order valence-electron chi connectivity index (χ1n) is 10.7. The lowest BCUT2D eigenvalue weighted by atomic mass is 9.85. The van der Waals surface area contributed by atoms with Crippen LogP contribution in [0.4, 0.5) is 0 Å². The summed E-state index contributed by atoms with van der Waals surface area (Å²) in [5.41, 5.74) is 6.93. The molecule has 1 aromatic rings. The lowest BCUT2D eigenvalue weighted by molar-refractivity contribution is -0.136. The van der Waals surface area contributed by atoms with Crippen LogP contribution in [0.2, 0.25) is 0 Å². The molecule has 9 heteroatoms. The number of imide groups is 2. The number of nitrogens with two attached hydrogens (primary N) is 1. The van der Waals surface area contributed by atoms with Gasteiger partial charge >= 0.3 is 0 Å². The number of carbonyl (C=O) groups excluding carboxylic acids is 5. The van der Waals surface area contributed by atoms with Crippen LogP contribution in [-0.4, -0.2) is 65.0 Å². The maximum atomic E-state index is 13.3. The van der Waals surface area contributed by atoms with Gasteiger partial charge in [-0.2, -0.15) is 0 Å². The van der Waals surface area contributed by atoms with Gasteiger partial charge in [0.1, 0.15) is 6.04 Å². The Morgan fingerprint density at radius 2 is 1.81 bits per heavy atom. The Bertz CT molecular complexity index is 951. The van der Waals surface area contributed by atoms with Crippen LogP contribution >= 0.6 is 0 Å². The van der Waals surface area contributed by atoms with Crippen molar-refractivity contribution in [1.29, 1.82) is 0 Å². The van der Waals surface area contributed by atoms with Crippen molar-refractivity contribution < 1.29 is 24.0 Å². The first-order chi connectivity index (χ1) is 14.9. The molecule has 0 aromatic heterocycles. The second-order valence-corrected chi connectivity index (χ2v) is 8.26. The summed E-state index contributed by atoms with van der Waals surface area (Å²) in [6.45, 7) is 1.67. The highest BCUT2D eigenvalue weighted by Gasteiger charge is 2.46. The average Bonchev–Trinajstić information content (AvgIpc) is 3.03. The molecule has 5 amide bonds. The molecule has 2 saturated heterocycles. The number of hydrogen-bond donors (Lipinski definition) is 2. The quantitative estimate of drug-likeness (QED) is 0.661. The third-order valence-corrected chi connectivity index (χ3v) is 6.38. The molecule has 0 bridgehead atoms. The summed E-state index contributed by atoms with van der Waals surface area (Å²) in [4.78, 5) is 65.1. The summed E-state index contributed by atoms with van der Waals surface area (Å²) < 4.78 is 0. The van der Waals surface area contributed by atoms with E-state index in [9.17, 15) is 24.0 Å². The highest BCUT2D eigenvalue weighted by molar-refractivity contribution is 6.24. The van der Waals surface area contributed by atoms with Crippen molar-refractivity contribution in [2.24, 2.45) is 5.73 Å². The molecule has 31 heavy (non-hydrogen) atoms. The van der Waals surface area contributed by atoms with Crippen LogP contribution in [0.15, 0.2) is 18.2 Å². The van der Waals surface area contributed by atoms with E-state index in [0.717, 1.165) is 10.5 Å². The van der Waals surface area contributed by atoms with Gasteiger partial charge in [0.2, 0.25) is 17.7 Å². The van der Waals surface area contributed by atoms with Gasteiger partial charge < -0.3 is 10.6 Å². The first kappa shape index (κ1) is 21.2. The zero-order valence-corrected chi connectivity index (χ0v) is 17.3. The summed E-state index contributed by atoms with van der Waals surface area (Å²) in [6.07, 6.45) is 2.73. The Kier molecular flexibility index (Phi) is 5.86. The van der Waals surface area contributed by atoms with E-state index in [2.05, 4.69) is 5.32 Å². The average molecular weight is 426 g/mol. The highest BCUT2D eigenvalue weighted by Crippen LogP contribution is 2.37. The number of piperidine rings is 2. The normalized spacial score (nSPS) is 22.0. The second kappa shape index (κ2) is 8.58. The number of amides is 5. The van der Waals surface area contributed by atoms with Crippen LogP contribution in [0, 0.1) is 0 Å². The van der Waals surface area contributed by atoms with Crippen molar-refractivity contribution in [2.75, 3.05) is 19.6 Å². The molecule has 0 radical (unpaired) electrons. The standard InChI is InChI=1S/C22H26N4O5/c23-10-2-5-18(28)25-11-8-13(9-12-25)14-3-1-4-15-19(14)22(31)26(21(15)30)16-6-7-17(27)24-20(16)29/h1,3-4,13,16H,2,5-12,23H2,(H,24,27,29). The van der Waals surface area contributed by atoms with E-state index in [1.54, 1.807) is 12.1 Å². The minimum Gasteiger partial charge on any atom is -0.343 e. The molecule has 1 atom stereocenters. The second-order valence-electron chi connectivity index (χ2n) is 8.26. The van der Waals surface area contributed by atoms with Crippen molar-refractivity contribution in [3.63, 3.8) is 0 Å². The van der Waals surface area contributed by atoms with Gasteiger partial charge in [0.15, 0.2) is 0 Å². The topological polar surface area (TPSA) is 130 Å². The Balaban J connectivity index is 1.53. The first-order valence-corrected chi connectivity index (χ1v) is 10.7. The number of rotatable bonds is 5. The van der Waals surface area contributed by atoms with Crippen molar-refractivity contribution >= 4 is 29.5 Å². The number of benzene rings is 1. The number of likely N-dealkylation sites (tertiary alicyclic amines) is 1. The van der Waals surface area contributed by atoms with Crippen molar-refractivity contribution in [3.8, 4) is 0 Å². The van der Waals surface area contributed by atoms with Crippen molar-refractivity contribution in [3.05, 3.63) is 34.9 Å². The molecule has 0 aliphatic carbocycles. The third kappa shape index (κ3) is 3.85. The fourth-order valence-corrected chi connectivity index (χ4v) is 4.73. The molecule has 0 spiro atoms. The fourth-order valence-electron chi connectivity index (χ4n) is 4.73. The Labute approximate surface area is 179 Å². The smallest absolute Gasteiger partial charge is 0.262 e. The number of carbonyl (C=O) groups is 5. The van der Waals surface area contributed by atoms with E-state index >= 15 is 0 Å². The van der Waals surface area contributed by atoms with Gasteiger partial charge in [0.25, 0.3) is 11.8 Å². The molecule has 4 rings (SSSR count). The molecule has 2 fully saturated rings. The summed E-state index contributed by atoms with van der Waals surface area (Å²) >= 11 is 0. The molecule has 9 nitrogen and oxygen atoms in total. The van der Waals surface area contributed by atoms with E-state index < -0.39 is 29.7 Å². The fraction of sp³-hybridized carbons (Fsp3) is 0.500. The van der Waals surface area contributed by atoms with Crippen LogP contribution in [0.3, 0.4) is 0 Å². The number of nitrogens with one attached hydrogen (secondary N) is 1. The van der Waals surface area contributed by atoms with Gasteiger partial charge in [-0.1, -0.05) is 12.1 Å². The summed E-state index contributed by atoms with van der Waals surface area (Å²) in [5.74, 6) is -1.84. The molecule has 0 saturated carbocycles. The van der Waals surface area contributed by atoms with Crippen LogP contribution in [-0.2, 0) is 14.4 Å². The Hall–Kier alpha value is -3.07. The third-order valence-electron chi connectivity index (χ3n) is 6.38. The monoisotopic (exact) mass is 426 g/mol. The predicted molar refractivity (Wildman–Crippen MR) is 110 cm³/mol. The Morgan fingerprint density at radius 1 is 1.06 bits per heavy atom. The summed E-state index contributed by atoms with van der Waals surface area (Å²) in [5, 5.41) is 2.21.